The third-order valence-electron chi connectivity index (χ3n) is 6.63. The number of aliphatic hydroxyl groups excluding tert-OH is 1. The Morgan fingerprint density at radius 2 is 1.48 bits per heavy atom. The second-order valence-electron chi connectivity index (χ2n) is 8.99. The molecular formula is C24H42INO. The Kier molecular flexibility index (Phi) is 12.1. The van der Waals surface area contributed by atoms with Crippen molar-refractivity contribution >= 4 is 0 Å². The molecule has 0 radical (unpaired) electrons. The second kappa shape index (κ2) is 13.2. The van der Waals surface area contributed by atoms with Gasteiger partial charge in [-0.15, -0.1) is 0 Å². The highest BCUT2D eigenvalue weighted by Gasteiger charge is 2.32. The highest BCUT2D eigenvalue weighted by atomic mass is 127. The molecule has 0 aromatic heterocycles. The normalized spacial score (nSPS) is 20.3. The van der Waals surface area contributed by atoms with Crippen LogP contribution in [0.25, 0.3) is 0 Å². The Morgan fingerprint density at radius 3 is 2.07 bits per heavy atom. The van der Waals surface area contributed by atoms with Crippen LogP contribution in [0.3, 0.4) is 0 Å². The Bertz CT molecular complexity index is 492. The van der Waals surface area contributed by atoms with Gasteiger partial charge >= 0.3 is 0 Å². The Balaban J connectivity index is 0.00000364. The van der Waals surface area contributed by atoms with Crippen LogP contribution in [0, 0.1) is 0 Å². The number of nitrogens with zero attached hydrogens (tertiary/aromatic N) is 1. The molecule has 1 aromatic carbocycles. The van der Waals surface area contributed by atoms with Gasteiger partial charge < -0.3 is 33.6 Å². The highest BCUT2D eigenvalue weighted by molar-refractivity contribution is 5.26. The quantitative estimate of drug-likeness (QED) is 0.289. The third kappa shape index (κ3) is 8.41. The summed E-state index contributed by atoms with van der Waals surface area (Å²) in [6.07, 6.45) is 14.7. The summed E-state index contributed by atoms with van der Waals surface area (Å²) in [5.41, 5.74) is 3.06. The van der Waals surface area contributed by atoms with Gasteiger partial charge in [0, 0.05) is 12.8 Å². The first-order chi connectivity index (χ1) is 12.6. The molecule has 0 amide bonds. The summed E-state index contributed by atoms with van der Waals surface area (Å²) in [6.45, 7) is 3.46. The van der Waals surface area contributed by atoms with Gasteiger partial charge in [-0.25, -0.2) is 0 Å². The van der Waals surface area contributed by atoms with Gasteiger partial charge in [0.15, 0.2) is 0 Å². The highest BCUT2D eigenvalue weighted by Crippen LogP contribution is 2.36. The fourth-order valence-electron chi connectivity index (χ4n) is 4.61. The van der Waals surface area contributed by atoms with Crippen molar-refractivity contribution in [1.82, 2.24) is 0 Å². The van der Waals surface area contributed by atoms with E-state index >= 15 is 0 Å². The monoisotopic (exact) mass is 487 g/mol. The molecule has 0 atom stereocenters. The smallest absolute Gasteiger partial charge is 0.102 e. The van der Waals surface area contributed by atoms with E-state index in [1.807, 2.05) is 0 Å². The van der Waals surface area contributed by atoms with Crippen LogP contribution in [0.1, 0.15) is 88.2 Å². The van der Waals surface area contributed by atoms with Crippen molar-refractivity contribution in [3.8, 4) is 0 Å². The number of aryl methyl sites for hydroxylation is 1. The SMILES string of the molecule is CCCCCCCCc1ccc(C2CCC([N+](C)(C)CCO)CC2)cc1.[I-]. The molecule has 0 spiro atoms. The maximum absolute atomic E-state index is 9.29. The van der Waals surface area contributed by atoms with Crippen LogP contribution in [0.5, 0.6) is 0 Å². The van der Waals surface area contributed by atoms with E-state index in [0.717, 1.165) is 16.9 Å². The molecule has 1 aliphatic carbocycles. The average molecular weight is 488 g/mol. The molecular weight excluding hydrogens is 445 g/mol. The summed E-state index contributed by atoms with van der Waals surface area (Å²) in [5.74, 6) is 0.739. The van der Waals surface area contributed by atoms with Crippen molar-refractivity contribution in [1.29, 1.82) is 0 Å². The van der Waals surface area contributed by atoms with E-state index in [2.05, 4.69) is 45.3 Å². The zero-order valence-corrected chi connectivity index (χ0v) is 20.1. The molecule has 1 N–H and O–H groups in total. The van der Waals surface area contributed by atoms with Crippen LogP contribution in [0.15, 0.2) is 24.3 Å². The number of aliphatic hydroxyl groups is 1. The van der Waals surface area contributed by atoms with Crippen LogP contribution < -0.4 is 24.0 Å². The maximum atomic E-state index is 9.29. The summed E-state index contributed by atoms with van der Waals surface area (Å²) in [7, 11) is 4.55. The largest absolute Gasteiger partial charge is 1.00 e. The summed E-state index contributed by atoms with van der Waals surface area (Å²) >= 11 is 0. The lowest BCUT2D eigenvalue weighted by atomic mass is 9.80. The Labute approximate surface area is 185 Å². The molecule has 156 valence electrons. The van der Waals surface area contributed by atoms with Gasteiger partial charge in [-0.05, 0) is 42.7 Å². The number of quaternary nitrogens is 1. The molecule has 3 heteroatoms. The molecule has 0 aliphatic heterocycles. The van der Waals surface area contributed by atoms with E-state index in [-0.39, 0.29) is 24.0 Å². The molecule has 1 aliphatic rings. The van der Waals surface area contributed by atoms with Gasteiger partial charge in [0.25, 0.3) is 0 Å². The molecule has 2 nitrogen and oxygen atoms in total. The summed E-state index contributed by atoms with van der Waals surface area (Å²) in [4.78, 5) is 0. The maximum Gasteiger partial charge on any atom is 0.102 e. The minimum atomic E-state index is 0. The second-order valence-corrected chi connectivity index (χ2v) is 8.99. The van der Waals surface area contributed by atoms with Gasteiger partial charge in [-0.1, -0.05) is 63.3 Å². The van der Waals surface area contributed by atoms with Crippen molar-refractivity contribution in [3.05, 3.63) is 35.4 Å². The Hall–Kier alpha value is -0.130. The zero-order chi connectivity index (χ0) is 18.8. The first-order valence-electron chi connectivity index (χ1n) is 11.1. The van der Waals surface area contributed by atoms with Crippen LogP contribution in [-0.4, -0.2) is 42.9 Å². The van der Waals surface area contributed by atoms with Crippen molar-refractivity contribution in [2.24, 2.45) is 0 Å². The van der Waals surface area contributed by atoms with Gasteiger partial charge in [0.2, 0.25) is 0 Å². The number of hydrogen-bond donors (Lipinski definition) is 1. The predicted molar refractivity (Wildman–Crippen MR) is 113 cm³/mol. The van der Waals surface area contributed by atoms with Gasteiger partial charge in [-0.2, -0.15) is 0 Å². The van der Waals surface area contributed by atoms with E-state index < -0.39 is 0 Å². The van der Waals surface area contributed by atoms with Gasteiger partial charge in [0.05, 0.1) is 26.7 Å². The van der Waals surface area contributed by atoms with E-state index in [9.17, 15) is 5.11 Å². The minimum Gasteiger partial charge on any atom is -1.00 e. The number of likely N-dealkylation sites (N-methyl/N-ethyl adjacent to an activating group) is 1. The number of halogens is 1. The van der Waals surface area contributed by atoms with Crippen LogP contribution in [0.2, 0.25) is 0 Å². The summed E-state index contributed by atoms with van der Waals surface area (Å²) < 4.78 is 0.973. The van der Waals surface area contributed by atoms with E-state index in [0.29, 0.717) is 12.6 Å². The molecule has 0 bridgehead atoms. The molecule has 0 saturated heterocycles. The van der Waals surface area contributed by atoms with Crippen LogP contribution in [0.4, 0.5) is 0 Å². The van der Waals surface area contributed by atoms with Crippen molar-refractivity contribution < 1.29 is 33.6 Å². The van der Waals surface area contributed by atoms with Crippen LogP contribution in [-0.2, 0) is 6.42 Å². The van der Waals surface area contributed by atoms with E-state index in [1.54, 1.807) is 5.56 Å². The number of unbranched alkanes of at least 4 members (excludes halogenated alkanes) is 5. The lowest BCUT2D eigenvalue weighted by Gasteiger charge is -2.41. The fourth-order valence-corrected chi connectivity index (χ4v) is 4.61. The van der Waals surface area contributed by atoms with Crippen molar-refractivity contribution in [3.63, 3.8) is 0 Å². The number of benzene rings is 1. The molecule has 1 fully saturated rings. The number of hydrogen-bond acceptors (Lipinski definition) is 1. The minimum absolute atomic E-state index is 0. The zero-order valence-electron chi connectivity index (χ0n) is 17.9. The lowest BCUT2D eigenvalue weighted by molar-refractivity contribution is -0.916. The molecule has 2 rings (SSSR count). The average Bonchev–Trinajstić information content (AvgIpc) is 2.65. The molecule has 27 heavy (non-hydrogen) atoms. The van der Waals surface area contributed by atoms with Gasteiger partial charge in [-0.3, -0.25) is 0 Å². The van der Waals surface area contributed by atoms with E-state index in [4.69, 9.17) is 0 Å². The van der Waals surface area contributed by atoms with E-state index in [1.165, 1.54) is 76.2 Å². The lowest BCUT2D eigenvalue weighted by Crippen LogP contribution is -3.00. The standard InChI is InChI=1S/C24H42NO.HI/c1-4-5-6-7-8-9-10-21-11-13-22(14-12-21)23-15-17-24(18-16-23)25(2,3)19-20-26;/h11-14,23-24,26H,4-10,15-20H2,1-3H3;1H/q+1;/p-1. The topological polar surface area (TPSA) is 20.2 Å². The molecule has 1 aromatic rings. The molecule has 0 heterocycles. The molecule has 0 unspecified atom stereocenters. The molecule has 1 saturated carbocycles. The first kappa shape index (κ1) is 24.9. The first-order valence-corrected chi connectivity index (χ1v) is 11.1. The van der Waals surface area contributed by atoms with Gasteiger partial charge in [0.1, 0.15) is 6.54 Å². The van der Waals surface area contributed by atoms with Crippen molar-refractivity contribution in [2.75, 3.05) is 27.2 Å². The fraction of sp³-hybridized carbons (Fsp3) is 0.750. The Morgan fingerprint density at radius 1 is 0.889 bits per heavy atom. The predicted octanol–water partition coefficient (Wildman–Crippen LogP) is 2.69. The van der Waals surface area contributed by atoms with Crippen molar-refractivity contribution in [2.45, 2.75) is 89.5 Å². The summed E-state index contributed by atoms with van der Waals surface area (Å²) in [6, 6.07) is 10.2. The number of rotatable bonds is 11. The summed E-state index contributed by atoms with van der Waals surface area (Å²) in [5, 5.41) is 9.29. The third-order valence-corrected chi connectivity index (χ3v) is 6.63. The van der Waals surface area contributed by atoms with Crippen LogP contribution >= 0.6 is 0 Å².